The quantitative estimate of drug-likeness (QED) is 0.922. The van der Waals surface area contributed by atoms with E-state index in [1.165, 1.54) is 29.0 Å². The molecule has 0 fully saturated rings. The summed E-state index contributed by atoms with van der Waals surface area (Å²) in [6.45, 7) is 0. The van der Waals surface area contributed by atoms with E-state index in [-0.39, 0.29) is 11.1 Å². The predicted octanol–water partition coefficient (Wildman–Crippen LogP) is 2.84. The van der Waals surface area contributed by atoms with Crippen molar-refractivity contribution in [2.45, 2.75) is 0 Å². The number of carboxylic acids is 1. The highest BCUT2D eigenvalue weighted by Crippen LogP contribution is 2.23. The van der Waals surface area contributed by atoms with Gasteiger partial charge in [-0.3, -0.25) is 9.36 Å². The second-order valence-electron chi connectivity index (χ2n) is 3.53. The Balaban J connectivity index is 2.62. The molecule has 2 aromatic rings. The molecule has 0 bridgehead atoms. The normalized spacial score (nSPS) is 10.3. The molecule has 4 nitrogen and oxygen atoms in total. The van der Waals surface area contributed by atoms with Crippen molar-refractivity contribution in [1.29, 1.82) is 0 Å². The van der Waals surface area contributed by atoms with Gasteiger partial charge in [-0.2, -0.15) is 0 Å². The van der Waals surface area contributed by atoms with E-state index in [2.05, 4.69) is 0 Å². The van der Waals surface area contributed by atoms with Crippen LogP contribution in [0.15, 0.2) is 41.3 Å². The van der Waals surface area contributed by atoms with Gasteiger partial charge in [-0.05, 0) is 24.3 Å². The molecule has 0 amide bonds. The predicted molar refractivity (Wildman–Crippen MR) is 69.0 cm³/mol. The van der Waals surface area contributed by atoms with Crippen LogP contribution >= 0.6 is 23.2 Å². The molecule has 2 rings (SSSR count). The highest BCUT2D eigenvalue weighted by atomic mass is 35.5. The maximum absolute atomic E-state index is 11.7. The van der Waals surface area contributed by atoms with Crippen LogP contribution in [-0.2, 0) is 0 Å². The molecule has 1 aromatic heterocycles. The minimum Gasteiger partial charge on any atom is -0.478 e. The Morgan fingerprint density at radius 3 is 2.44 bits per heavy atom. The number of pyridine rings is 1. The number of halogens is 2. The number of carbonyl (C=O) groups is 1. The summed E-state index contributed by atoms with van der Waals surface area (Å²) < 4.78 is 1.20. The number of aromatic carboxylic acids is 1. The minimum absolute atomic E-state index is 0.0145. The number of benzene rings is 1. The fraction of sp³-hybridized carbons (Fsp3) is 0. The first kappa shape index (κ1) is 12.7. The molecule has 0 spiro atoms. The number of hydrogen-bond donors (Lipinski definition) is 1. The molecule has 1 heterocycles. The SMILES string of the molecule is O=C(O)c1ccc(=O)n(-c2ccc(Cl)c(Cl)c2)c1. The van der Waals surface area contributed by atoms with Crippen molar-refractivity contribution in [3.8, 4) is 5.69 Å². The van der Waals surface area contributed by atoms with Gasteiger partial charge in [0.2, 0.25) is 0 Å². The van der Waals surface area contributed by atoms with Crippen LogP contribution in [0, 0.1) is 0 Å². The molecule has 0 unspecified atom stereocenters. The molecule has 0 aliphatic heterocycles. The first-order chi connectivity index (χ1) is 8.49. The molecule has 0 atom stereocenters. The number of hydrogen-bond acceptors (Lipinski definition) is 2. The molecule has 6 heteroatoms. The largest absolute Gasteiger partial charge is 0.478 e. The third kappa shape index (κ3) is 2.39. The second kappa shape index (κ2) is 4.84. The van der Waals surface area contributed by atoms with Gasteiger partial charge < -0.3 is 5.11 Å². The van der Waals surface area contributed by atoms with Crippen LogP contribution in [0.2, 0.25) is 10.0 Å². The van der Waals surface area contributed by atoms with Gasteiger partial charge in [-0.15, -0.1) is 0 Å². The zero-order valence-electron chi connectivity index (χ0n) is 8.93. The Morgan fingerprint density at radius 1 is 1.11 bits per heavy atom. The van der Waals surface area contributed by atoms with E-state index in [1.807, 2.05) is 0 Å². The van der Waals surface area contributed by atoms with Crippen LogP contribution in [0.1, 0.15) is 10.4 Å². The van der Waals surface area contributed by atoms with Gasteiger partial charge >= 0.3 is 5.97 Å². The van der Waals surface area contributed by atoms with E-state index >= 15 is 0 Å². The van der Waals surface area contributed by atoms with Gasteiger partial charge in [0.15, 0.2) is 0 Å². The van der Waals surface area contributed by atoms with Crippen LogP contribution in [-0.4, -0.2) is 15.6 Å². The average molecular weight is 284 g/mol. The van der Waals surface area contributed by atoms with Crippen LogP contribution in [0.5, 0.6) is 0 Å². The molecule has 1 aromatic carbocycles. The van der Waals surface area contributed by atoms with Crippen molar-refractivity contribution in [3.05, 3.63) is 62.5 Å². The lowest BCUT2D eigenvalue weighted by atomic mass is 10.2. The lowest BCUT2D eigenvalue weighted by Crippen LogP contribution is -2.18. The van der Waals surface area contributed by atoms with E-state index in [1.54, 1.807) is 12.1 Å². The number of carboxylic acid groups (broad SMARTS) is 1. The van der Waals surface area contributed by atoms with E-state index in [9.17, 15) is 9.59 Å². The Kier molecular flexibility index (Phi) is 3.41. The second-order valence-corrected chi connectivity index (χ2v) is 4.34. The fourth-order valence-electron chi connectivity index (χ4n) is 1.45. The van der Waals surface area contributed by atoms with Gasteiger partial charge in [0, 0.05) is 12.3 Å². The monoisotopic (exact) mass is 283 g/mol. The summed E-state index contributed by atoms with van der Waals surface area (Å²) in [4.78, 5) is 22.5. The van der Waals surface area contributed by atoms with Gasteiger partial charge in [0.05, 0.1) is 21.3 Å². The number of aromatic nitrogens is 1. The first-order valence-corrected chi connectivity index (χ1v) is 5.66. The van der Waals surface area contributed by atoms with Crippen LogP contribution < -0.4 is 5.56 Å². The molecular weight excluding hydrogens is 277 g/mol. The molecule has 18 heavy (non-hydrogen) atoms. The summed E-state index contributed by atoms with van der Waals surface area (Å²) in [7, 11) is 0. The lowest BCUT2D eigenvalue weighted by molar-refractivity contribution is 0.0696. The van der Waals surface area contributed by atoms with Crippen molar-refractivity contribution in [1.82, 2.24) is 4.57 Å². The van der Waals surface area contributed by atoms with Gasteiger partial charge in [0.25, 0.3) is 5.56 Å². The van der Waals surface area contributed by atoms with E-state index in [0.717, 1.165) is 0 Å². The topological polar surface area (TPSA) is 59.3 Å². The van der Waals surface area contributed by atoms with Gasteiger partial charge in [-0.1, -0.05) is 23.2 Å². The molecule has 0 radical (unpaired) electrons. The molecule has 0 aliphatic rings. The molecule has 1 N–H and O–H groups in total. The Hall–Kier alpha value is -1.78. The summed E-state index contributed by atoms with van der Waals surface area (Å²) >= 11 is 11.6. The van der Waals surface area contributed by atoms with Crippen molar-refractivity contribution in [2.24, 2.45) is 0 Å². The third-order valence-electron chi connectivity index (χ3n) is 2.34. The number of nitrogens with zero attached hydrogens (tertiary/aromatic N) is 1. The lowest BCUT2D eigenvalue weighted by Gasteiger charge is -2.07. The fourth-order valence-corrected chi connectivity index (χ4v) is 1.74. The van der Waals surface area contributed by atoms with Crippen LogP contribution in [0.3, 0.4) is 0 Å². The first-order valence-electron chi connectivity index (χ1n) is 4.90. The van der Waals surface area contributed by atoms with E-state index in [4.69, 9.17) is 28.3 Å². The summed E-state index contributed by atoms with van der Waals surface area (Å²) in [6, 6.07) is 7.06. The molecule has 0 saturated carbocycles. The Bertz CT molecular complexity index is 679. The van der Waals surface area contributed by atoms with Crippen molar-refractivity contribution in [3.63, 3.8) is 0 Å². The van der Waals surface area contributed by atoms with E-state index in [0.29, 0.717) is 15.7 Å². The van der Waals surface area contributed by atoms with E-state index < -0.39 is 5.97 Å². The Morgan fingerprint density at radius 2 is 1.83 bits per heavy atom. The van der Waals surface area contributed by atoms with Gasteiger partial charge in [0.1, 0.15) is 0 Å². The maximum Gasteiger partial charge on any atom is 0.337 e. The number of rotatable bonds is 2. The average Bonchev–Trinajstić information content (AvgIpc) is 2.33. The third-order valence-corrected chi connectivity index (χ3v) is 3.08. The summed E-state index contributed by atoms with van der Waals surface area (Å²) in [5.74, 6) is -1.11. The summed E-state index contributed by atoms with van der Waals surface area (Å²) in [5, 5.41) is 9.54. The molecule has 92 valence electrons. The Labute approximate surface area is 112 Å². The zero-order valence-corrected chi connectivity index (χ0v) is 10.4. The minimum atomic E-state index is -1.11. The van der Waals surface area contributed by atoms with Crippen molar-refractivity contribution in [2.75, 3.05) is 0 Å². The van der Waals surface area contributed by atoms with Gasteiger partial charge in [-0.25, -0.2) is 4.79 Å². The van der Waals surface area contributed by atoms with Crippen LogP contribution in [0.4, 0.5) is 0 Å². The molecule has 0 saturated heterocycles. The van der Waals surface area contributed by atoms with Crippen molar-refractivity contribution >= 4 is 29.2 Å². The smallest absolute Gasteiger partial charge is 0.337 e. The highest BCUT2D eigenvalue weighted by Gasteiger charge is 2.08. The molecule has 0 aliphatic carbocycles. The van der Waals surface area contributed by atoms with Crippen molar-refractivity contribution < 1.29 is 9.90 Å². The zero-order chi connectivity index (χ0) is 13.3. The molecular formula is C12H7Cl2NO3. The maximum atomic E-state index is 11.7. The standard InChI is InChI=1S/C12H7Cl2NO3/c13-9-3-2-8(5-10(9)14)15-6-7(12(17)18)1-4-11(15)16/h1-6H,(H,17,18). The summed E-state index contributed by atoms with van der Waals surface area (Å²) in [5.41, 5.74) is 0.122. The highest BCUT2D eigenvalue weighted by molar-refractivity contribution is 6.42. The van der Waals surface area contributed by atoms with Crippen LogP contribution in [0.25, 0.3) is 5.69 Å². The summed E-state index contributed by atoms with van der Waals surface area (Å²) in [6.07, 6.45) is 1.24.